The van der Waals surface area contributed by atoms with E-state index in [1.807, 2.05) is 0 Å². The number of halogens is 1. The number of hydrogen-bond donors (Lipinski definition) is 1. The number of hydrogen-bond acceptors (Lipinski definition) is 6. The Balaban J connectivity index is 1.71. The Morgan fingerprint density at radius 3 is 2.68 bits per heavy atom. The van der Waals surface area contributed by atoms with Crippen molar-refractivity contribution < 1.29 is 4.74 Å². The first-order valence-electron chi connectivity index (χ1n) is 7.85. The highest BCUT2D eigenvalue weighted by Crippen LogP contribution is 2.39. The molecule has 3 heterocycles. The number of nitrogen functional groups attached to an aromatic ring is 1. The van der Waals surface area contributed by atoms with Crippen LogP contribution in [-0.2, 0) is 4.74 Å². The van der Waals surface area contributed by atoms with E-state index < -0.39 is 0 Å². The summed E-state index contributed by atoms with van der Waals surface area (Å²) in [5.41, 5.74) is 5.80. The smallest absolute Gasteiger partial charge is 0.153 e. The highest BCUT2D eigenvalue weighted by Gasteiger charge is 2.41. The third kappa shape index (κ3) is 2.87. The van der Waals surface area contributed by atoms with Crippen LogP contribution in [0.2, 0.25) is 5.02 Å². The Kier molecular flexibility index (Phi) is 4.70. The van der Waals surface area contributed by atoms with E-state index in [1.165, 1.54) is 19.2 Å². The van der Waals surface area contributed by atoms with E-state index in [9.17, 15) is 0 Å². The van der Waals surface area contributed by atoms with Gasteiger partial charge in [-0.2, -0.15) is 0 Å². The third-order valence-electron chi connectivity index (χ3n) is 5.09. The second-order valence-corrected chi connectivity index (χ2v) is 6.63. The quantitative estimate of drug-likeness (QED) is 0.890. The molecule has 2 N–H and O–H groups in total. The zero-order valence-corrected chi connectivity index (χ0v) is 14.0. The first-order chi connectivity index (χ1) is 10.6. The van der Waals surface area contributed by atoms with Gasteiger partial charge in [0.1, 0.15) is 17.2 Å². The summed E-state index contributed by atoms with van der Waals surface area (Å²) >= 11 is 6.27. The number of methoxy groups -OCH3 is 1. The van der Waals surface area contributed by atoms with E-state index in [1.54, 1.807) is 7.11 Å². The first kappa shape index (κ1) is 15.8. The Morgan fingerprint density at radius 1 is 1.36 bits per heavy atom. The van der Waals surface area contributed by atoms with Crippen molar-refractivity contribution in [3.8, 4) is 0 Å². The number of aromatic nitrogens is 2. The topological polar surface area (TPSA) is 67.5 Å². The molecule has 2 aliphatic rings. The normalized spacial score (nSPS) is 28.0. The Morgan fingerprint density at radius 2 is 2.05 bits per heavy atom. The number of piperidine rings is 1. The molecule has 7 heteroatoms. The maximum Gasteiger partial charge on any atom is 0.153 e. The lowest BCUT2D eigenvalue weighted by Gasteiger charge is -2.42. The maximum atomic E-state index is 6.27. The van der Waals surface area contributed by atoms with Crippen molar-refractivity contribution in [3.05, 3.63) is 11.3 Å². The van der Waals surface area contributed by atoms with Crippen LogP contribution in [0.3, 0.4) is 0 Å². The SMILES string of the molecule is COCCN1C2CCC1CC(N(C)c1ncnc(N)c1Cl)C2. The average Bonchev–Trinajstić information content (AvgIpc) is 2.75. The van der Waals surface area contributed by atoms with Gasteiger partial charge in [0.15, 0.2) is 5.82 Å². The number of rotatable bonds is 5. The average molecular weight is 326 g/mol. The minimum absolute atomic E-state index is 0.346. The summed E-state index contributed by atoms with van der Waals surface area (Å²) in [6, 6.07) is 1.72. The molecular formula is C15H24ClN5O. The van der Waals surface area contributed by atoms with Gasteiger partial charge in [-0.15, -0.1) is 0 Å². The van der Waals surface area contributed by atoms with Crippen molar-refractivity contribution in [2.45, 2.75) is 43.8 Å². The monoisotopic (exact) mass is 325 g/mol. The molecule has 2 unspecified atom stereocenters. The van der Waals surface area contributed by atoms with E-state index in [2.05, 4.69) is 26.8 Å². The molecule has 0 spiro atoms. The predicted octanol–water partition coefficient (Wildman–Crippen LogP) is 1.79. The lowest BCUT2D eigenvalue weighted by atomic mass is 9.96. The summed E-state index contributed by atoms with van der Waals surface area (Å²) < 4.78 is 5.24. The lowest BCUT2D eigenvalue weighted by Crippen LogP contribution is -2.50. The van der Waals surface area contributed by atoms with Crippen LogP contribution in [0.15, 0.2) is 6.33 Å². The number of fused-ring (bicyclic) bond motifs is 2. The van der Waals surface area contributed by atoms with E-state index >= 15 is 0 Å². The standard InChI is InChI=1S/C15H24ClN5O/c1-20(15-13(16)14(17)18-9-19-15)12-7-10-3-4-11(8-12)21(10)5-6-22-2/h9-12H,3-8H2,1-2H3,(H2,17,18,19). The molecule has 2 aliphatic heterocycles. The van der Waals surface area contributed by atoms with E-state index in [4.69, 9.17) is 22.1 Å². The first-order valence-corrected chi connectivity index (χ1v) is 8.23. The Hall–Kier alpha value is -1.11. The Bertz CT molecular complexity index is 515. The lowest BCUT2D eigenvalue weighted by molar-refractivity contribution is 0.0830. The molecule has 3 rings (SSSR count). The zero-order valence-electron chi connectivity index (χ0n) is 13.2. The van der Waals surface area contributed by atoms with Crippen LogP contribution in [0.1, 0.15) is 25.7 Å². The fourth-order valence-electron chi connectivity index (χ4n) is 3.92. The van der Waals surface area contributed by atoms with E-state index in [0.29, 0.717) is 29.0 Å². The van der Waals surface area contributed by atoms with E-state index in [0.717, 1.165) is 31.8 Å². The molecule has 1 aromatic rings. The fourth-order valence-corrected chi connectivity index (χ4v) is 4.15. The van der Waals surface area contributed by atoms with Crippen LogP contribution in [0.4, 0.5) is 11.6 Å². The molecule has 22 heavy (non-hydrogen) atoms. The van der Waals surface area contributed by atoms with Gasteiger partial charge in [0.2, 0.25) is 0 Å². The maximum absolute atomic E-state index is 6.27. The molecule has 0 aromatic carbocycles. The van der Waals surface area contributed by atoms with Crippen molar-refractivity contribution in [3.63, 3.8) is 0 Å². The van der Waals surface area contributed by atoms with Gasteiger partial charge in [0.25, 0.3) is 0 Å². The third-order valence-corrected chi connectivity index (χ3v) is 5.46. The van der Waals surface area contributed by atoms with Gasteiger partial charge in [-0.25, -0.2) is 9.97 Å². The van der Waals surface area contributed by atoms with Crippen molar-refractivity contribution in [2.75, 3.05) is 37.9 Å². The predicted molar refractivity (Wildman–Crippen MR) is 88.3 cm³/mol. The zero-order chi connectivity index (χ0) is 15.7. The van der Waals surface area contributed by atoms with Crippen LogP contribution in [-0.4, -0.2) is 60.3 Å². The summed E-state index contributed by atoms with van der Waals surface area (Å²) in [7, 11) is 3.83. The van der Waals surface area contributed by atoms with Crippen LogP contribution in [0, 0.1) is 0 Å². The van der Waals surface area contributed by atoms with Crippen molar-refractivity contribution in [1.29, 1.82) is 0 Å². The van der Waals surface area contributed by atoms with Gasteiger partial charge in [-0.3, -0.25) is 4.90 Å². The summed E-state index contributed by atoms with van der Waals surface area (Å²) in [5, 5.41) is 0.458. The van der Waals surface area contributed by atoms with Gasteiger partial charge < -0.3 is 15.4 Å². The van der Waals surface area contributed by atoms with Gasteiger partial charge in [0, 0.05) is 38.8 Å². The van der Waals surface area contributed by atoms with Crippen molar-refractivity contribution in [1.82, 2.24) is 14.9 Å². The fraction of sp³-hybridized carbons (Fsp3) is 0.733. The minimum atomic E-state index is 0.346. The van der Waals surface area contributed by atoms with Crippen LogP contribution in [0.5, 0.6) is 0 Å². The van der Waals surface area contributed by atoms with Gasteiger partial charge in [-0.1, -0.05) is 11.6 Å². The molecule has 2 atom stereocenters. The second-order valence-electron chi connectivity index (χ2n) is 6.25. The van der Waals surface area contributed by atoms with Crippen molar-refractivity contribution in [2.24, 2.45) is 0 Å². The van der Waals surface area contributed by atoms with Crippen LogP contribution >= 0.6 is 11.6 Å². The minimum Gasteiger partial charge on any atom is -0.383 e. The molecular weight excluding hydrogens is 302 g/mol. The second kappa shape index (κ2) is 6.56. The molecule has 0 aliphatic carbocycles. The van der Waals surface area contributed by atoms with Gasteiger partial charge >= 0.3 is 0 Å². The van der Waals surface area contributed by atoms with Crippen molar-refractivity contribution >= 4 is 23.2 Å². The van der Waals surface area contributed by atoms with Crippen LogP contribution in [0.25, 0.3) is 0 Å². The number of anilines is 2. The summed E-state index contributed by atoms with van der Waals surface area (Å²) in [6.45, 7) is 1.84. The molecule has 2 bridgehead atoms. The molecule has 6 nitrogen and oxygen atoms in total. The Labute approximate surface area is 136 Å². The summed E-state index contributed by atoms with van der Waals surface area (Å²) in [6.07, 6.45) is 6.31. The highest BCUT2D eigenvalue weighted by atomic mass is 35.5. The molecule has 0 saturated carbocycles. The highest BCUT2D eigenvalue weighted by molar-refractivity contribution is 6.35. The van der Waals surface area contributed by atoms with E-state index in [-0.39, 0.29) is 0 Å². The molecule has 2 fully saturated rings. The molecule has 122 valence electrons. The summed E-state index contributed by atoms with van der Waals surface area (Å²) in [4.78, 5) is 13.1. The number of nitrogens with two attached hydrogens (primary N) is 1. The molecule has 1 aromatic heterocycles. The molecule has 2 saturated heterocycles. The number of ether oxygens (including phenoxy) is 1. The molecule has 0 radical (unpaired) electrons. The largest absolute Gasteiger partial charge is 0.383 e. The van der Waals surface area contributed by atoms with Gasteiger partial charge in [-0.05, 0) is 25.7 Å². The number of nitrogens with zero attached hydrogens (tertiary/aromatic N) is 4. The summed E-state index contributed by atoms with van der Waals surface area (Å²) in [5.74, 6) is 1.09. The molecule has 0 amide bonds. The van der Waals surface area contributed by atoms with Crippen LogP contribution < -0.4 is 10.6 Å². The van der Waals surface area contributed by atoms with Gasteiger partial charge in [0.05, 0.1) is 6.61 Å².